The molecule has 272 valence electrons. The van der Waals surface area contributed by atoms with Crippen molar-refractivity contribution in [2.75, 3.05) is 0 Å². The smallest absolute Gasteiger partial charge is 0.157 e. The molecule has 0 amide bonds. The molecule has 0 heterocycles. The predicted octanol–water partition coefficient (Wildman–Crippen LogP) is 5.86. The second-order valence-corrected chi connectivity index (χ2v) is 13.9. The Bertz CT molecular complexity index is 1890. The Morgan fingerprint density at radius 3 is 1.23 bits per heavy atom. The van der Waals surface area contributed by atoms with Gasteiger partial charge in [-0.05, 0) is 104 Å². The second-order valence-electron chi connectivity index (χ2n) is 13.9. The van der Waals surface area contributed by atoms with Crippen LogP contribution in [0.4, 0.5) is 0 Å². The summed E-state index contributed by atoms with van der Waals surface area (Å²) in [5.74, 6) is -9.25. The first-order valence-electron chi connectivity index (χ1n) is 16.9. The molecule has 0 radical (unpaired) electrons. The monoisotopic (exact) mass is 710 g/mol. The molecule has 1 aliphatic carbocycles. The van der Waals surface area contributed by atoms with Gasteiger partial charge in [0, 0.05) is 48.3 Å². The van der Waals surface area contributed by atoms with Gasteiger partial charge in [-0.3, -0.25) is 19.2 Å². The highest BCUT2D eigenvalue weighted by Crippen LogP contribution is 2.60. The quantitative estimate of drug-likeness (QED) is 0.0771. The second kappa shape index (κ2) is 15.2. The molecule has 1 saturated carbocycles. The molecule has 11 nitrogen and oxygen atoms in total. The van der Waals surface area contributed by atoms with Crippen LogP contribution in [0.15, 0.2) is 72.8 Å². The Labute approximate surface area is 300 Å². The fourth-order valence-corrected chi connectivity index (χ4v) is 7.40. The number of phenolic OH excluding ortho intramolecular Hbond substituents is 7. The van der Waals surface area contributed by atoms with E-state index >= 15 is 0 Å². The maximum Gasteiger partial charge on any atom is 0.157 e. The molecule has 6 atom stereocenters. The molecule has 0 spiro atoms. The van der Waals surface area contributed by atoms with Crippen molar-refractivity contribution in [2.24, 2.45) is 23.7 Å². The van der Waals surface area contributed by atoms with Crippen molar-refractivity contribution in [3.8, 4) is 40.2 Å². The average Bonchev–Trinajstić information content (AvgIpc) is 3.06. The number of phenols is 7. The maximum absolute atomic E-state index is 14.5. The number of hydrogen-bond donors (Lipinski definition) is 7. The van der Waals surface area contributed by atoms with E-state index in [9.17, 15) is 54.9 Å². The predicted molar refractivity (Wildman–Crippen MR) is 190 cm³/mol. The first-order chi connectivity index (χ1) is 24.5. The van der Waals surface area contributed by atoms with Crippen molar-refractivity contribution in [1.82, 2.24) is 0 Å². The van der Waals surface area contributed by atoms with Gasteiger partial charge in [-0.1, -0.05) is 30.3 Å². The Morgan fingerprint density at radius 1 is 0.500 bits per heavy atom. The fraction of sp³-hybridized carbons (Fsp3) is 0.317. The highest BCUT2D eigenvalue weighted by atomic mass is 16.3. The molecule has 5 rings (SSSR count). The van der Waals surface area contributed by atoms with Crippen LogP contribution < -0.4 is 0 Å². The first-order valence-corrected chi connectivity index (χ1v) is 16.9. The summed E-state index contributed by atoms with van der Waals surface area (Å²) >= 11 is 0. The largest absolute Gasteiger partial charge is 0.508 e. The van der Waals surface area contributed by atoms with Crippen LogP contribution in [0, 0.1) is 30.6 Å². The summed E-state index contributed by atoms with van der Waals surface area (Å²) in [6.45, 7) is 4.43. The molecular weight excluding hydrogens is 668 g/mol. The molecule has 0 aromatic heterocycles. The Morgan fingerprint density at radius 2 is 0.865 bits per heavy atom. The van der Waals surface area contributed by atoms with Gasteiger partial charge < -0.3 is 35.7 Å². The Kier molecular flexibility index (Phi) is 10.9. The number of carbonyl (C=O) groups excluding carboxylic acids is 4. The zero-order valence-corrected chi connectivity index (χ0v) is 29.0. The summed E-state index contributed by atoms with van der Waals surface area (Å²) in [6.07, 6.45) is -0.351. The normalized spacial score (nSPS) is 19.3. The molecule has 11 heteroatoms. The van der Waals surface area contributed by atoms with Crippen LogP contribution >= 0.6 is 0 Å². The number of aryl methyl sites for hydroxylation is 1. The van der Waals surface area contributed by atoms with Gasteiger partial charge in [0.15, 0.2) is 34.5 Å². The summed E-state index contributed by atoms with van der Waals surface area (Å²) in [7, 11) is 0. The number of hydrogen-bond acceptors (Lipinski definition) is 11. The number of aromatic hydroxyl groups is 7. The summed E-state index contributed by atoms with van der Waals surface area (Å²) < 4.78 is 0. The molecule has 4 aromatic rings. The highest BCUT2D eigenvalue weighted by molar-refractivity contribution is 5.97. The molecule has 7 N–H and O–H groups in total. The van der Waals surface area contributed by atoms with E-state index in [-0.39, 0.29) is 54.5 Å². The number of Topliss-reactive ketones (excluding diaryl/α,β-unsaturated/α-hetero) is 4. The van der Waals surface area contributed by atoms with Crippen LogP contribution in [0.5, 0.6) is 40.2 Å². The van der Waals surface area contributed by atoms with E-state index < -0.39 is 70.1 Å². The van der Waals surface area contributed by atoms with Gasteiger partial charge in [0.1, 0.15) is 28.9 Å². The molecule has 4 aromatic carbocycles. The molecule has 0 saturated heterocycles. The van der Waals surface area contributed by atoms with E-state index in [0.29, 0.717) is 27.8 Å². The van der Waals surface area contributed by atoms with Gasteiger partial charge in [-0.15, -0.1) is 0 Å². The molecule has 1 aliphatic rings. The van der Waals surface area contributed by atoms with E-state index in [1.54, 1.807) is 19.1 Å². The first kappa shape index (κ1) is 37.4. The van der Waals surface area contributed by atoms with E-state index in [1.807, 2.05) is 0 Å². The lowest BCUT2D eigenvalue weighted by molar-refractivity contribution is -0.144. The van der Waals surface area contributed by atoms with Gasteiger partial charge in [-0.2, -0.15) is 0 Å². The number of ketones is 4. The third kappa shape index (κ3) is 7.88. The third-order valence-electron chi connectivity index (χ3n) is 10.4. The van der Waals surface area contributed by atoms with E-state index in [0.717, 1.165) is 0 Å². The van der Waals surface area contributed by atoms with Crippen molar-refractivity contribution >= 4 is 23.1 Å². The summed E-state index contributed by atoms with van der Waals surface area (Å²) in [5.41, 5.74) is 2.58. The molecule has 0 aliphatic heterocycles. The minimum Gasteiger partial charge on any atom is -0.508 e. The van der Waals surface area contributed by atoms with Gasteiger partial charge >= 0.3 is 0 Å². The van der Waals surface area contributed by atoms with Crippen LogP contribution in [0.25, 0.3) is 0 Å². The van der Waals surface area contributed by atoms with Gasteiger partial charge in [0.05, 0.1) is 0 Å². The molecular formula is C41H42O11. The summed E-state index contributed by atoms with van der Waals surface area (Å²) in [4.78, 5) is 54.8. The fourth-order valence-electron chi connectivity index (χ4n) is 7.40. The summed E-state index contributed by atoms with van der Waals surface area (Å²) in [5, 5.41) is 71.2. The molecule has 0 bridgehead atoms. The van der Waals surface area contributed by atoms with Crippen molar-refractivity contribution in [1.29, 1.82) is 0 Å². The third-order valence-corrected chi connectivity index (χ3v) is 10.4. The zero-order chi connectivity index (χ0) is 38.0. The van der Waals surface area contributed by atoms with Crippen LogP contribution in [0.1, 0.15) is 66.3 Å². The highest BCUT2D eigenvalue weighted by Gasteiger charge is 2.58. The molecule has 52 heavy (non-hydrogen) atoms. The number of rotatable bonds is 14. The van der Waals surface area contributed by atoms with Gasteiger partial charge in [0.2, 0.25) is 0 Å². The zero-order valence-electron chi connectivity index (χ0n) is 29.0. The van der Waals surface area contributed by atoms with Crippen LogP contribution in [0.3, 0.4) is 0 Å². The van der Waals surface area contributed by atoms with Crippen molar-refractivity contribution in [3.63, 3.8) is 0 Å². The lowest BCUT2D eigenvalue weighted by atomic mass is 9.49. The Balaban J connectivity index is 1.56. The average molecular weight is 711 g/mol. The van der Waals surface area contributed by atoms with Crippen molar-refractivity contribution in [2.45, 2.75) is 58.3 Å². The van der Waals surface area contributed by atoms with Crippen molar-refractivity contribution < 1.29 is 54.9 Å². The van der Waals surface area contributed by atoms with Crippen LogP contribution in [0.2, 0.25) is 0 Å². The van der Waals surface area contributed by atoms with Gasteiger partial charge in [0.25, 0.3) is 0 Å². The molecule has 1 fully saturated rings. The molecule has 6 unspecified atom stereocenters. The minimum atomic E-state index is -1.07. The maximum atomic E-state index is 14.5. The van der Waals surface area contributed by atoms with E-state index in [1.165, 1.54) is 74.5 Å². The number of carbonyl (C=O) groups is 4. The minimum absolute atomic E-state index is 0.0468. The standard InChI is InChI=1S/C41H42O11/c1-20-4-5-23(14-32(20)47)12-27(21(2)42)18-36(51)40-38(25-7-10-30(45)34(49)16-25)39(26-8-11-31(46)35(50)17-26)41(40)37(52)19-28(22(3)43)13-24-6-9-29(44)33(48)15-24/h4-11,14-17,27-28,38-41,44-50H,12-13,18-19H2,1-3H3. The topological polar surface area (TPSA) is 210 Å². The van der Waals surface area contributed by atoms with Crippen LogP contribution in [-0.4, -0.2) is 58.9 Å². The summed E-state index contributed by atoms with van der Waals surface area (Å²) in [6, 6.07) is 17.2. The van der Waals surface area contributed by atoms with Gasteiger partial charge in [-0.25, -0.2) is 0 Å². The number of benzene rings is 4. The lowest BCUT2D eigenvalue weighted by Gasteiger charge is -2.52. The van der Waals surface area contributed by atoms with Crippen molar-refractivity contribution in [3.05, 3.63) is 101 Å². The Hall–Kier alpha value is -5.84. The van der Waals surface area contributed by atoms with Crippen LogP contribution in [-0.2, 0) is 32.0 Å². The van der Waals surface area contributed by atoms with E-state index in [2.05, 4.69) is 0 Å². The van der Waals surface area contributed by atoms with E-state index in [4.69, 9.17) is 0 Å². The lowest BCUT2D eigenvalue weighted by Crippen LogP contribution is -2.52. The SMILES string of the molecule is CC(=O)C(CC(=O)C1C(C(=O)CC(Cc2ccc(O)c(O)c2)C(C)=O)C(c2ccc(O)c(O)c2)C1c1ccc(O)c(O)c1)Cc1ccc(C)c(O)c1.